The minimum Gasteiger partial charge on any atom is -0.320 e. The summed E-state index contributed by atoms with van der Waals surface area (Å²) in [5.41, 5.74) is 0.929. The van der Waals surface area contributed by atoms with Crippen LogP contribution in [0.15, 0.2) is 78.2 Å². The van der Waals surface area contributed by atoms with Crippen LogP contribution in [-0.2, 0) is 4.79 Å². The summed E-state index contributed by atoms with van der Waals surface area (Å²) >= 11 is 1.21. The van der Waals surface area contributed by atoms with Crippen LogP contribution in [0.3, 0.4) is 0 Å². The Kier molecular flexibility index (Phi) is 5.21. The van der Waals surface area contributed by atoms with Crippen molar-refractivity contribution in [2.45, 2.75) is 5.16 Å². The standard InChI is InChI=1S/C20H15N5O3S/c26-19(22-16-9-3-4-10-18(16)25(27)28)12-29-20-23-21-13-24(20)17-11-5-7-14-6-1-2-8-15(14)17/h1-11,13H,12H2,(H,22,26). The molecule has 0 aliphatic rings. The lowest BCUT2D eigenvalue weighted by Crippen LogP contribution is -2.15. The minimum atomic E-state index is -0.528. The predicted molar refractivity (Wildman–Crippen MR) is 111 cm³/mol. The van der Waals surface area contributed by atoms with E-state index in [1.54, 1.807) is 18.5 Å². The van der Waals surface area contributed by atoms with Crippen LogP contribution in [0.4, 0.5) is 11.4 Å². The molecule has 0 fully saturated rings. The molecule has 0 radical (unpaired) electrons. The molecule has 1 N–H and O–H groups in total. The van der Waals surface area contributed by atoms with E-state index in [1.807, 2.05) is 47.0 Å². The van der Waals surface area contributed by atoms with Crippen LogP contribution in [-0.4, -0.2) is 31.3 Å². The number of carbonyl (C=O) groups excluding carboxylic acids is 1. The summed E-state index contributed by atoms with van der Waals surface area (Å²) < 4.78 is 1.82. The van der Waals surface area contributed by atoms with Gasteiger partial charge >= 0.3 is 0 Å². The molecule has 4 rings (SSSR count). The Morgan fingerprint density at radius 1 is 1.07 bits per heavy atom. The number of carbonyl (C=O) groups is 1. The lowest BCUT2D eigenvalue weighted by molar-refractivity contribution is -0.383. The average Bonchev–Trinajstić information content (AvgIpc) is 3.20. The van der Waals surface area contributed by atoms with Gasteiger partial charge in [-0.05, 0) is 17.5 Å². The Bertz CT molecular complexity index is 1200. The number of nitrogens with one attached hydrogen (secondary N) is 1. The molecule has 0 aliphatic carbocycles. The molecule has 4 aromatic rings. The van der Waals surface area contributed by atoms with Crippen molar-refractivity contribution in [3.05, 3.63) is 83.2 Å². The summed E-state index contributed by atoms with van der Waals surface area (Å²) in [6.07, 6.45) is 1.60. The zero-order valence-electron chi connectivity index (χ0n) is 15.1. The third-order valence-corrected chi connectivity index (χ3v) is 5.19. The SMILES string of the molecule is O=C(CSc1nncn1-c1cccc2ccccc12)Nc1ccccc1[N+](=O)[O-]. The zero-order valence-corrected chi connectivity index (χ0v) is 15.9. The molecule has 8 nitrogen and oxygen atoms in total. The Hall–Kier alpha value is -3.72. The summed E-state index contributed by atoms with van der Waals surface area (Å²) in [5, 5.41) is 24.4. The molecular formula is C20H15N5O3S. The first-order valence-corrected chi connectivity index (χ1v) is 9.66. The average molecular weight is 405 g/mol. The van der Waals surface area contributed by atoms with Crippen LogP contribution in [0.25, 0.3) is 16.5 Å². The first-order valence-electron chi connectivity index (χ1n) is 8.68. The Morgan fingerprint density at radius 3 is 2.69 bits per heavy atom. The van der Waals surface area contributed by atoms with Crippen molar-refractivity contribution in [1.82, 2.24) is 14.8 Å². The largest absolute Gasteiger partial charge is 0.320 e. The van der Waals surface area contributed by atoms with Crippen LogP contribution < -0.4 is 5.32 Å². The number of benzene rings is 3. The van der Waals surface area contributed by atoms with Crippen molar-refractivity contribution in [2.24, 2.45) is 0 Å². The van der Waals surface area contributed by atoms with E-state index in [9.17, 15) is 14.9 Å². The Labute approximate surface area is 169 Å². The molecule has 0 saturated carbocycles. The second-order valence-electron chi connectivity index (χ2n) is 6.09. The topological polar surface area (TPSA) is 103 Å². The van der Waals surface area contributed by atoms with Gasteiger partial charge in [0.25, 0.3) is 5.69 Å². The van der Waals surface area contributed by atoms with Crippen molar-refractivity contribution in [1.29, 1.82) is 0 Å². The van der Waals surface area contributed by atoms with Gasteiger partial charge in [-0.25, -0.2) is 0 Å². The quantitative estimate of drug-likeness (QED) is 0.295. The van der Waals surface area contributed by atoms with Gasteiger partial charge < -0.3 is 5.32 Å². The fourth-order valence-corrected chi connectivity index (χ4v) is 3.68. The third kappa shape index (κ3) is 3.94. The molecule has 0 saturated heterocycles. The lowest BCUT2D eigenvalue weighted by atomic mass is 10.1. The fraction of sp³-hybridized carbons (Fsp3) is 0.0500. The number of aromatic nitrogens is 3. The highest BCUT2D eigenvalue weighted by atomic mass is 32.2. The van der Waals surface area contributed by atoms with Gasteiger partial charge in [-0.15, -0.1) is 10.2 Å². The van der Waals surface area contributed by atoms with Crippen LogP contribution >= 0.6 is 11.8 Å². The number of hydrogen-bond acceptors (Lipinski definition) is 6. The highest BCUT2D eigenvalue weighted by Crippen LogP contribution is 2.27. The monoisotopic (exact) mass is 405 g/mol. The number of para-hydroxylation sites is 2. The van der Waals surface area contributed by atoms with E-state index in [0.717, 1.165) is 16.5 Å². The van der Waals surface area contributed by atoms with Crippen LogP contribution in [0.2, 0.25) is 0 Å². The van der Waals surface area contributed by atoms with E-state index in [4.69, 9.17) is 0 Å². The van der Waals surface area contributed by atoms with Crippen LogP contribution in [0, 0.1) is 10.1 Å². The first kappa shape index (κ1) is 18.6. The molecule has 0 spiro atoms. The second-order valence-corrected chi connectivity index (χ2v) is 7.04. The van der Waals surface area contributed by atoms with E-state index < -0.39 is 4.92 Å². The molecule has 1 amide bonds. The molecule has 1 heterocycles. The van der Waals surface area contributed by atoms with Crippen molar-refractivity contribution >= 4 is 39.8 Å². The van der Waals surface area contributed by atoms with E-state index in [-0.39, 0.29) is 23.0 Å². The van der Waals surface area contributed by atoms with Gasteiger partial charge in [0.2, 0.25) is 5.91 Å². The van der Waals surface area contributed by atoms with Crippen molar-refractivity contribution in [2.75, 3.05) is 11.1 Å². The van der Waals surface area contributed by atoms with Gasteiger partial charge in [0, 0.05) is 11.5 Å². The zero-order chi connectivity index (χ0) is 20.2. The molecule has 144 valence electrons. The smallest absolute Gasteiger partial charge is 0.292 e. The number of nitro benzene ring substituents is 1. The third-order valence-electron chi connectivity index (χ3n) is 4.25. The maximum atomic E-state index is 12.3. The number of fused-ring (bicyclic) bond motifs is 1. The number of amides is 1. The van der Waals surface area contributed by atoms with Gasteiger partial charge in [-0.3, -0.25) is 19.5 Å². The molecule has 0 aliphatic heterocycles. The van der Waals surface area contributed by atoms with Crippen molar-refractivity contribution in [3.8, 4) is 5.69 Å². The van der Waals surface area contributed by atoms with Crippen molar-refractivity contribution in [3.63, 3.8) is 0 Å². The van der Waals surface area contributed by atoms with E-state index >= 15 is 0 Å². The Balaban J connectivity index is 1.52. The molecule has 0 atom stereocenters. The molecule has 29 heavy (non-hydrogen) atoms. The number of thioether (sulfide) groups is 1. The lowest BCUT2D eigenvalue weighted by Gasteiger charge is -2.10. The van der Waals surface area contributed by atoms with Gasteiger partial charge in [-0.1, -0.05) is 60.3 Å². The molecule has 0 bridgehead atoms. The van der Waals surface area contributed by atoms with Crippen LogP contribution in [0.1, 0.15) is 0 Å². The highest BCUT2D eigenvalue weighted by Gasteiger charge is 2.16. The number of nitro groups is 1. The minimum absolute atomic E-state index is 0.0372. The maximum Gasteiger partial charge on any atom is 0.292 e. The van der Waals surface area contributed by atoms with E-state index in [1.165, 1.54) is 23.9 Å². The normalized spacial score (nSPS) is 10.8. The van der Waals surface area contributed by atoms with Gasteiger partial charge in [-0.2, -0.15) is 0 Å². The summed E-state index contributed by atoms with van der Waals surface area (Å²) in [4.78, 5) is 22.9. The molecule has 1 aromatic heterocycles. The van der Waals surface area contributed by atoms with Crippen LogP contribution in [0.5, 0.6) is 0 Å². The van der Waals surface area contributed by atoms with Gasteiger partial charge in [0.1, 0.15) is 12.0 Å². The molecule has 0 unspecified atom stereocenters. The first-order chi connectivity index (χ1) is 14.1. The molecule has 9 heteroatoms. The predicted octanol–water partition coefficient (Wildman–Crippen LogP) is 4.06. The summed E-state index contributed by atoms with van der Waals surface area (Å²) in [5.74, 6) is -0.327. The molecular weight excluding hydrogens is 390 g/mol. The number of rotatable bonds is 6. The fourth-order valence-electron chi connectivity index (χ4n) is 2.96. The summed E-state index contributed by atoms with van der Waals surface area (Å²) in [6.45, 7) is 0. The van der Waals surface area contributed by atoms with Crippen molar-refractivity contribution < 1.29 is 9.72 Å². The second kappa shape index (κ2) is 8.11. The van der Waals surface area contributed by atoms with Gasteiger partial charge in [0.05, 0.1) is 16.4 Å². The van der Waals surface area contributed by atoms with E-state index in [0.29, 0.717) is 5.16 Å². The molecule has 3 aromatic carbocycles. The summed E-state index contributed by atoms with van der Waals surface area (Å²) in [6, 6.07) is 19.9. The Morgan fingerprint density at radius 2 is 1.83 bits per heavy atom. The maximum absolute atomic E-state index is 12.3. The highest BCUT2D eigenvalue weighted by molar-refractivity contribution is 7.99. The van der Waals surface area contributed by atoms with E-state index in [2.05, 4.69) is 15.5 Å². The number of hydrogen-bond donors (Lipinski definition) is 1. The number of nitrogens with zero attached hydrogens (tertiary/aromatic N) is 4. The summed E-state index contributed by atoms with van der Waals surface area (Å²) in [7, 11) is 0. The van der Waals surface area contributed by atoms with Gasteiger partial charge in [0.15, 0.2) is 5.16 Å². The number of anilines is 1.